The number of anilines is 1. The number of terminal acetylenes is 1. The lowest BCUT2D eigenvalue weighted by Gasteiger charge is -2.34. The molecule has 238 valence electrons. The lowest BCUT2D eigenvalue weighted by atomic mass is 10.2. The van der Waals surface area contributed by atoms with Crippen LogP contribution in [0.2, 0.25) is 5.02 Å². The van der Waals surface area contributed by atoms with Crippen LogP contribution in [0.4, 0.5) is 5.69 Å². The molecule has 0 bridgehead atoms. The molecule has 1 fully saturated rings. The normalized spacial score (nSPS) is 12.7. The van der Waals surface area contributed by atoms with Crippen molar-refractivity contribution in [1.82, 2.24) is 19.4 Å². The van der Waals surface area contributed by atoms with Gasteiger partial charge in [0.05, 0.1) is 31.9 Å². The molecule has 8 heteroatoms. The maximum atomic E-state index is 12.6. The number of piperazine rings is 1. The van der Waals surface area contributed by atoms with E-state index in [0.29, 0.717) is 51.0 Å². The third-order valence-electron chi connectivity index (χ3n) is 5.48. The van der Waals surface area contributed by atoms with E-state index in [4.69, 9.17) is 22.8 Å². The SMILES string of the molecule is C#CCC(=C)Cn1cncc1CN1CCN(c2cccc(Cl)c2)C(=O)C1.C/C=C\C.C/C=C\COCN(C)C.C=C.CC. The number of halogens is 1. The van der Waals surface area contributed by atoms with Crippen LogP contribution in [0.15, 0.2) is 86.4 Å². The van der Waals surface area contributed by atoms with Crippen molar-refractivity contribution in [2.45, 2.75) is 54.1 Å². The van der Waals surface area contributed by atoms with Crippen LogP contribution < -0.4 is 4.90 Å². The predicted octanol–water partition coefficient (Wildman–Crippen LogP) is 7.47. The van der Waals surface area contributed by atoms with Crippen molar-refractivity contribution in [1.29, 1.82) is 0 Å². The van der Waals surface area contributed by atoms with E-state index in [1.807, 2.05) is 107 Å². The molecule has 0 atom stereocenters. The Kier molecular flexibility index (Phi) is 26.6. The maximum absolute atomic E-state index is 12.6. The first-order valence-electron chi connectivity index (χ1n) is 14.5. The summed E-state index contributed by atoms with van der Waals surface area (Å²) in [5.41, 5.74) is 2.86. The zero-order chi connectivity index (χ0) is 33.0. The first-order chi connectivity index (χ1) is 20.7. The molecule has 1 aromatic carbocycles. The molecule has 7 nitrogen and oxygen atoms in total. The van der Waals surface area contributed by atoms with Gasteiger partial charge in [0.25, 0.3) is 0 Å². The third-order valence-corrected chi connectivity index (χ3v) is 5.72. The van der Waals surface area contributed by atoms with E-state index in [0.717, 1.165) is 23.5 Å². The minimum absolute atomic E-state index is 0.0707. The highest BCUT2D eigenvalue weighted by Crippen LogP contribution is 2.22. The summed E-state index contributed by atoms with van der Waals surface area (Å²) in [6.45, 7) is 24.5. The lowest BCUT2D eigenvalue weighted by Crippen LogP contribution is -2.50. The summed E-state index contributed by atoms with van der Waals surface area (Å²) >= 11 is 6.04. The van der Waals surface area contributed by atoms with Crippen molar-refractivity contribution in [2.75, 3.05) is 52.0 Å². The topological polar surface area (TPSA) is 53.8 Å². The van der Waals surface area contributed by atoms with Gasteiger partial charge in [0.1, 0.15) is 0 Å². The number of amides is 1. The molecule has 1 aliphatic heterocycles. The molecule has 0 N–H and O–H groups in total. The molecule has 1 aliphatic rings. The van der Waals surface area contributed by atoms with Crippen molar-refractivity contribution >= 4 is 23.2 Å². The van der Waals surface area contributed by atoms with Crippen LogP contribution in [0.5, 0.6) is 0 Å². The number of hydrogen-bond donors (Lipinski definition) is 0. The smallest absolute Gasteiger partial charge is 0.241 e. The minimum Gasteiger partial charge on any atom is -0.362 e. The van der Waals surface area contributed by atoms with Gasteiger partial charge in [-0.25, -0.2) is 4.98 Å². The van der Waals surface area contributed by atoms with Gasteiger partial charge in [-0.3, -0.25) is 14.6 Å². The van der Waals surface area contributed by atoms with Crippen LogP contribution in [0.1, 0.15) is 46.7 Å². The molecule has 0 spiro atoms. The van der Waals surface area contributed by atoms with Crippen molar-refractivity contribution < 1.29 is 9.53 Å². The molecule has 1 amide bonds. The Morgan fingerprint density at radius 2 is 1.84 bits per heavy atom. The zero-order valence-electron chi connectivity index (χ0n) is 27.6. The quantitative estimate of drug-likeness (QED) is 0.121. The van der Waals surface area contributed by atoms with Gasteiger partial charge >= 0.3 is 0 Å². The molecule has 43 heavy (non-hydrogen) atoms. The molecule has 0 saturated carbocycles. The fraction of sp³-hybridized carbons (Fsp3) is 0.429. The largest absolute Gasteiger partial charge is 0.362 e. The second-order valence-corrected chi connectivity index (χ2v) is 9.63. The summed E-state index contributed by atoms with van der Waals surface area (Å²) in [5, 5.41) is 0.633. The summed E-state index contributed by atoms with van der Waals surface area (Å²) in [6.07, 6.45) is 17.5. The summed E-state index contributed by atoms with van der Waals surface area (Å²) in [6, 6.07) is 7.40. The Morgan fingerprint density at radius 3 is 2.37 bits per heavy atom. The maximum Gasteiger partial charge on any atom is 0.241 e. The first-order valence-corrected chi connectivity index (χ1v) is 14.9. The predicted molar refractivity (Wildman–Crippen MR) is 186 cm³/mol. The molecule has 1 aromatic heterocycles. The van der Waals surface area contributed by atoms with Gasteiger partial charge in [0, 0.05) is 49.5 Å². The summed E-state index contributed by atoms with van der Waals surface area (Å²) < 4.78 is 7.21. The van der Waals surface area contributed by atoms with Crippen LogP contribution in [-0.2, 0) is 22.6 Å². The molecule has 0 radical (unpaired) electrons. The zero-order valence-corrected chi connectivity index (χ0v) is 28.3. The van der Waals surface area contributed by atoms with Gasteiger partial charge in [0.2, 0.25) is 5.91 Å². The highest BCUT2D eigenvalue weighted by atomic mass is 35.5. The van der Waals surface area contributed by atoms with Crippen molar-refractivity contribution in [3.05, 3.63) is 97.1 Å². The molecule has 2 aromatic rings. The molecule has 1 saturated heterocycles. The Morgan fingerprint density at radius 1 is 1.16 bits per heavy atom. The number of ether oxygens (including phenoxy) is 1. The number of nitrogens with zero attached hydrogens (tertiary/aromatic N) is 5. The third kappa shape index (κ3) is 19.4. The standard InChI is InChI=1S/C20H21ClN4O.C7H15NO.C4H8.C2H6.C2H4/c1-3-5-16(2)12-24-15-22-11-19(24)13-23-8-9-25(20(26)14-23)18-7-4-6-17(21)10-18;1-4-5-6-9-7-8(2)3;1-3-4-2;2*1-2/h1,4,6-7,10-11,15H,2,5,8-9,12-14H2;4-5H,6-7H2,1-3H3;3-4H,1-2H3;1-2H3;1-2H2/b;5-4-;4-3-;;. The molecule has 3 rings (SSSR count). The van der Waals surface area contributed by atoms with E-state index < -0.39 is 0 Å². The van der Waals surface area contributed by atoms with E-state index in [2.05, 4.69) is 35.5 Å². The van der Waals surface area contributed by atoms with Gasteiger partial charge in [-0.2, -0.15) is 0 Å². The van der Waals surface area contributed by atoms with Gasteiger partial charge in [0.15, 0.2) is 0 Å². The van der Waals surface area contributed by atoms with Crippen molar-refractivity contribution in [3.8, 4) is 12.3 Å². The van der Waals surface area contributed by atoms with E-state index in [1.54, 1.807) is 17.3 Å². The van der Waals surface area contributed by atoms with Crippen LogP contribution in [-0.4, -0.2) is 72.3 Å². The number of allylic oxidation sites excluding steroid dienone is 4. The number of hydrogen-bond acceptors (Lipinski definition) is 5. The van der Waals surface area contributed by atoms with Crippen LogP contribution in [0.3, 0.4) is 0 Å². The molecular weight excluding hydrogens is 558 g/mol. The fourth-order valence-electron chi connectivity index (χ4n) is 3.47. The Bertz CT molecular complexity index is 1110. The highest BCUT2D eigenvalue weighted by molar-refractivity contribution is 6.30. The number of aromatic nitrogens is 2. The summed E-state index contributed by atoms with van der Waals surface area (Å²) in [5.74, 6) is 2.68. The molecule has 2 heterocycles. The van der Waals surface area contributed by atoms with Crippen molar-refractivity contribution in [2.24, 2.45) is 0 Å². The molecule has 0 unspecified atom stereocenters. The number of carbonyl (C=O) groups is 1. The van der Waals surface area contributed by atoms with Crippen molar-refractivity contribution in [3.63, 3.8) is 0 Å². The monoisotopic (exact) mass is 611 g/mol. The lowest BCUT2D eigenvalue weighted by molar-refractivity contribution is -0.121. The Balaban J connectivity index is 0. The number of rotatable bonds is 10. The number of imidazole rings is 1. The van der Waals surface area contributed by atoms with E-state index in [9.17, 15) is 4.79 Å². The van der Waals surface area contributed by atoms with E-state index in [1.165, 1.54) is 0 Å². The molecule has 0 aliphatic carbocycles. The Hall–Kier alpha value is -3.41. The summed E-state index contributed by atoms with van der Waals surface area (Å²) in [4.78, 5) is 22.7. The number of benzene rings is 1. The first kappa shape index (κ1) is 41.7. The summed E-state index contributed by atoms with van der Waals surface area (Å²) in [7, 11) is 3.96. The second-order valence-electron chi connectivity index (χ2n) is 9.19. The average Bonchev–Trinajstić information content (AvgIpc) is 3.44. The number of carbonyl (C=O) groups excluding carboxylic acids is 1. The van der Waals surface area contributed by atoms with Crippen LogP contribution in [0, 0.1) is 12.3 Å². The van der Waals surface area contributed by atoms with Gasteiger partial charge in [-0.1, -0.05) is 62.4 Å². The Labute approximate surface area is 267 Å². The van der Waals surface area contributed by atoms with Crippen LogP contribution >= 0.6 is 11.6 Å². The minimum atomic E-state index is 0.0707. The van der Waals surface area contributed by atoms with Gasteiger partial charge < -0.3 is 14.2 Å². The van der Waals surface area contributed by atoms with E-state index >= 15 is 0 Å². The average molecular weight is 612 g/mol. The van der Waals surface area contributed by atoms with E-state index in [-0.39, 0.29) is 5.91 Å². The van der Waals surface area contributed by atoms with Gasteiger partial charge in [-0.05, 0) is 58.6 Å². The van der Waals surface area contributed by atoms with Gasteiger partial charge in [-0.15, -0.1) is 25.5 Å². The van der Waals surface area contributed by atoms with Crippen LogP contribution in [0.25, 0.3) is 0 Å². The fourth-order valence-corrected chi connectivity index (χ4v) is 3.65. The highest BCUT2D eigenvalue weighted by Gasteiger charge is 2.25. The second kappa shape index (κ2) is 27.4. The molecular formula is C35H54ClN5O2.